The van der Waals surface area contributed by atoms with Crippen LogP contribution in [0.3, 0.4) is 0 Å². The van der Waals surface area contributed by atoms with Crippen LogP contribution in [0.2, 0.25) is 10.0 Å². The zero-order valence-electron chi connectivity index (χ0n) is 9.35. The Morgan fingerprint density at radius 3 is 2.47 bits per heavy atom. The lowest BCUT2D eigenvalue weighted by atomic mass is 10.2. The molecule has 19 heavy (non-hydrogen) atoms. The average molecular weight is 421 g/mol. The van der Waals surface area contributed by atoms with Crippen molar-refractivity contribution in [1.82, 2.24) is 0 Å². The maximum atomic E-state index is 8.94. The molecule has 2 rings (SSSR count). The summed E-state index contributed by atoms with van der Waals surface area (Å²) < 4.78 is 1.55. The number of benzene rings is 2. The third kappa shape index (κ3) is 3.43. The topological polar surface area (TPSA) is 35.8 Å². The van der Waals surface area contributed by atoms with Crippen molar-refractivity contribution in [2.24, 2.45) is 0 Å². The van der Waals surface area contributed by atoms with Crippen LogP contribution in [0.15, 0.2) is 39.3 Å². The van der Waals surface area contributed by atoms with Gasteiger partial charge in [0.25, 0.3) is 0 Å². The van der Waals surface area contributed by atoms with E-state index in [1.807, 2.05) is 12.1 Å². The van der Waals surface area contributed by atoms with E-state index in [9.17, 15) is 0 Å². The first-order valence-electron chi connectivity index (χ1n) is 5.12. The summed E-state index contributed by atoms with van der Waals surface area (Å²) in [5.41, 5.74) is 1.99. The highest BCUT2D eigenvalue weighted by molar-refractivity contribution is 9.10. The Kier molecular flexibility index (Phi) is 4.75. The Hall–Kier alpha value is -0.730. The molecule has 0 aromatic heterocycles. The summed E-state index contributed by atoms with van der Waals surface area (Å²) in [7, 11) is 0. The van der Waals surface area contributed by atoms with Crippen LogP contribution in [0.25, 0.3) is 0 Å². The Morgan fingerprint density at radius 1 is 1.05 bits per heavy atom. The summed E-state index contributed by atoms with van der Waals surface area (Å²) in [6.07, 6.45) is 0. The highest BCUT2D eigenvalue weighted by atomic mass is 79.9. The molecule has 0 fully saturated rings. The fraction of sp³-hybridized carbons (Fsp3) is 0. The third-order valence-electron chi connectivity index (χ3n) is 2.34. The van der Waals surface area contributed by atoms with Gasteiger partial charge < -0.3 is 5.32 Å². The van der Waals surface area contributed by atoms with E-state index < -0.39 is 0 Å². The van der Waals surface area contributed by atoms with Crippen molar-refractivity contribution in [3.8, 4) is 6.07 Å². The van der Waals surface area contributed by atoms with Crippen molar-refractivity contribution < 1.29 is 0 Å². The zero-order chi connectivity index (χ0) is 14.0. The fourth-order valence-electron chi connectivity index (χ4n) is 1.50. The molecular weight excluding hydrogens is 415 g/mol. The maximum Gasteiger partial charge on any atom is 0.0992 e. The predicted octanol–water partition coefficient (Wildman–Crippen LogP) is 6.13. The molecule has 96 valence electrons. The van der Waals surface area contributed by atoms with Crippen LogP contribution in [0.5, 0.6) is 0 Å². The fourth-order valence-corrected chi connectivity index (χ4v) is 2.82. The van der Waals surface area contributed by atoms with Gasteiger partial charge in [0.2, 0.25) is 0 Å². The molecule has 2 aromatic carbocycles. The van der Waals surface area contributed by atoms with Crippen molar-refractivity contribution in [2.45, 2.75) is 0 Å². The van der Waals surface area contributed by atoms with Gasteiger partial charge in [0.1, 0.15) is 0 Å². The number of nitrogens with one attached hydrogen (secondary N) is 1. The molecule has 0 saturated carbocycles. The minimum atomic E-state index is 0.425. The van der Waals surface area contributed by atoms with Gasteiger partial charge in [-0.15, -0.1) is 0 Å². The first-order valence-corrected chi connectivity index (χ1v) is 7.46. The highest BCUT2D eigenvalue weighted by Gasteiger charge is 2.09. The Morgan fingerprint density at radius 2 is 1.79 bits per heavy atom. The molecule has 2 aromatic rings. The number of hydrogen-bond acceptors (Lipinski definition) is 2. The first kappa shape index (κ1) is 14.7. The molecule has 0 aliphatic carbocycles. The van der Waals surface area contributed by atoms with E-state index in [-0.39, 0.29) is 0 Å². The van der Waals surface area contributed by atoms with Crippen molar-refractivity contribution in [3.63, 3.8) is 0 Å². The van der Waals surface area contributed by atoms with Gasteiger partial charge in [0.05, 0.1) is 27.4 Å². The minimum absolute atomic E-state index is 0.425. The van der Waals surface area contributed by atoms with E-state index in [1.54, 1.807) is 18.2 Å². The second-order valence-corrected chi connectivity index (χ2v) is 6.21. The second-order valence-electron chi connectivity index (χ2n) is 3.69. The molecule has 1 N–H and O–H groups in total. The summed E-state index contributed by atoms with van der Waals surface area (Å²) in [5, 5.41) is 12.9. The number of nitriles is 1. The average Bonchev–Trinajstić information content (AvgIpc) is 2.39. The van der Waals surface area contributed by atoms with Crippen LogP contribution in [0.1, 0.15) is 5.56 Å². The van der Waals surface area contributed by atoms with Gasteiger partial charge in [-0.1, -0.05) is 39.1 Å². The van der Waals surface area contributed by atoms with Crippen molar-refractivity contribution in [2.75, 3.05) is 5.32 Å². The summed E-state index contributed by atoms with van der Waals surface area (Å²) >= 11 is 18.9. The molecule has 0 amide bonds. The van der Waals surface area contributed by atoms with Gasteiger partial charge in [-0.2, -0.15) is 5.26 Å². The van der Waals surface area contributed by atoms with Crippen molar-refractivity contribution in [1.29, 1.82) is 5.26 Å². The number of hydrogen-bond donors (Lipinski definition) is 1. The van der Waals surface area contributed by atoms with E-state index in [2.05, 4.69) is 43.2 Å². The largest absolute Gasteiger partial charge is 0.354 e. The van der Waals surface area contributed by atoms with Gasteiger partial charge in [-0.3, -0.25) is 0 Å². The number of halogens is 4. The van der Waals surface area contributed by atoms with Gasteiger partial charge in [-0.25, -0.2) is 0 Å². The van der Waals surface area contributed by atoms with Gasteiger partial charge in [0.15, 0.2) is 0 Å². The van der Waals surface area contributed by atoms with E-state index in [4.69, 9.17) is 28.5 Å². The molecule has 0 saturated heterocycles. The van der Waals surface area contributed by atoms with E-state index >= 15 is 0 Å². The SMILES string of the molecule is N#Cc1cc(Br)cc(Nc2ccc(Br)c(Cl)c2Cl)c1. The Bertz CT molecular complexity index is 681. The van der Waals surface area contributed by atoms with E-state index in [0.717, 1.165) is 14.6 Å². The normalized spacial score (nSPS) is 10.1. The standard InChI is InChI=1S/C13H6Br2Cl2N2/c14-8-3-7(6-18)4-9(5-8)19-11-2-1-10(15)12(16)13(11)17/h1-5,19H. The highest BCUT2D eigenvalue weighted by Crippen LogP contribution is 2.37. The number of nitrogens with zero attached hydrogens (tertiary/aromatic N) is 1. The summed E-state index contributed by atoms with van der Waals surface area (Å²) in [5.74, 6) is 0. The maximum absolute atomic E-state index is 8.94. The lowest BCUT2D eigenvalue weighted by Crippen LogP contribution is -1.93. The molecule has 0 bridgehead atoms. The molecular formula is C13H6Br2Cl2N2. The van der Waals surface area contributed by atoms with E-state index in [0.29, 0.717) is 21.3 Å². The van der Waals surface area contributed by atoms with Crippen LogP contribution >= 0.6 is 55.1 Å². The minimum Gasteiger partial charge on any atom is -0.354 e. The van der Waals surface area contributed by atoms with Gasteiger partial charge in [-0.05, 0) is 46.3 Å². The predicted molar refractivity (Wildman–Crippen MR) is 86.3 cm³/mol. The van der Waals surface area contributed by atoms with E-state index in [1.165, 1.54) is 0 Å². The first-order chi connectivity index (χ1) is 9.01. The van der Waals surface area contributed by atoms with Crippen LogP contribution in [0, 0.1) is 11.3 Å². The number of anilines is 2. The van der Waals surface area contributed by atoms with Crippen LogP contribution in [-0.4, -0.2) is 0 Å². The smallest absolute Gasteiger partial charge is 0.0992 e. The van der Waals surface area contributed by atoms with Crippen molar-refractivity contribution >= 4 is 66.4 Å². The molecule has 0 unspecified atom stereocenters. The molecule has 6 heteroatoms. The summed E-state index contributed by atoms with van der Waals surface area (Å²) in [6.45, 7) is 0. The molecule has 2 nitrogen and oxygen atoms in total. The molecule has 0 aliphatic rings. The summed E-state index contributed by atoms with van der Waals surface area (Å²) in [4.78, 5) is 0. The van der Waals surface area contributed by atoms with Gasteiger partial charge >= 0.3 is 0 Å². The van der Waals surface area contributed by atoms with Crippen LogP contribution < -0.4 is 5.32 Å². The Labute approximate surface area is 137 Å². The lowest BCUT2D eigenvalue weighted by molar-refractivity contribution is 1.46. The molecule has 0 aliphatic heterocycles. The van der Waals surface area contributed by atoms with Gasteiger partial charge in [0, 0.05) is 14.6 Å². The Balaban J connectivity index is 2.40. The lowest BCUT2D eigenvalue weighted by Gasteiger charge is -2.11. The molecule has 0 spiro atoms. The second kappa shape index (κ2) is 6.15. The van der Waals surface area contributed by atoms with Crippen LogP contribution in [0.4, 0.5) is 11.4 Å². The quantitative estimate of drug-likeness (QED) is 0.593. The number of rotatable bonds is 2. The van der Waals surface area contributed by atoms with Crippen molar-refractivity contribution in [3.05, 3.63) is 54.9 Å². The molecule has 0 atom stereocenters. The molecule has 0 radical (unpaired) electrons. The van der Waals surface area contributed by atoms with Crippen LogP contribution in [-0.2, 0) is 0 Å². The summed E-state index contributed by atoms with van der Waals surface area (Å²) in [6, 6.07) is 11.0. The zero-order valence-corrected chi connectivity index (χ0v) is 14.0. The molecule has 0 heterocycles. The monoisotopic (exact) mass is 418 g/mol. The third-order valence-corrected chi connectivity index (χ3v) is 4.57.